The summed E-state index contributed by atoms with van der Waals surface area (Å²) in [6.07, 6.45) is 0.453. The van der Waals surface area contributed by atoms with Gasteiger partial charge in [0, 0.05) is 6.07 Å². The highest BCUT2D eigenvalue weighted by atomic mass is 19.1. The molecule has 1 aromatic carbocycles. The van der Waals surface area contributed by atoms with E-state index in [-0.39, 0.29) is 5.69 Å². The van der Waals surface area contributed by atoms with Crippen LogP contribution in [0, 0.1) is 11.6 Å². The number of carbonyl (C=O) groups excluding carboxylic acids is 1. The van der Waals surface area contributed by atoms with Crippen molar-refractivity contribution in [1.29, 1.82) is 0 Å². The lowest BCUT2D eigenvalue weighted by atomic mass is 10.2. The molecule has 0 saturated heterocycles. The molecule has 0 fully saturated rings. The predicted molar refractivity (Wildman–Crippen MR) is 53.3 cm³/mol. The minimum Gasteiger partial charge on any atom is -0.322 e. The van der Waals surface area contributed by atoms with Gasteiger partial charge in [-0.25, -0.2) is 8.78 Å². The summed E-state index contributed by atoms with van der Waals surface area (Å²) in [6.45, 7) is 1.74. The first-order valence-electron chi connectivity index (χ1n) is 4.56. The third-order valence-electron chi connectivity index (χ3n) is 1.97. The first-order valence-corrected chi connectivity index (χ1v) is 4.56. The van der Waals surface area contributed by atoms with Gasteiger partial charge in [-0.1, -0.05) is 6.92 Å². The van der Waals surface area contributed by atoms with E-state index in [2.05, 4.69) is 5.32 Å². The topological polar surface area (TPSA) is 55.1 Å². The van der Waals surface area contributed by atoms with Crippen molar-refractivity contribution in [2.75, 3.05) is 5.32 Å². The first-order chi connectivity index (χ1) is 7.04. The summed E-state index contributed by atoms with van der Waals surface area (Å²) in [6, 6.07) is 2.24. The van der Waals surface area contributed by atoms with Crippen molar-refractivity contribution in [1.82, 2.24) is 0 Å². The van der Waals surface area contributed by atoms with Crippen LogP contribution in [0.3, 0.4) is 0 Å². The first kappa shape index (κ1) is 11.6. The molecule has 0 radical (unpaired) electrons. The molecule has 15 heavy (non-hydrogen) atoms. The summed E-state index contributed by atoms with van der Waals surface area (Å²) in [7, 11) is 0. The number of benzene rings is 1. The van der Waals surface area contributed by atoms with Crippen LogP contribution in [0.15, 0.2) is 18.2 Å². The van der Waals surface area contributed by atoms with Gasteiger partial charge in [-0.3, -0.25) is 4.79 Å². The molecule has 0 bridgehead atoms. The summed E-state index contributed by atoms with van der Waals surface area (Å²) < 4.78 is 25.6. The van der Waals surface area contributed by atoms with Gasteiger partial charge in [0.2, 0.25) is 5.91 Å². The molecule has 3 nitrogen and oxygen atoms in total. The van der Waals surface area contributed by atoms with Gasteiger partial charge in [-0.05, 0) is 18.6 Å². The van der Waals surface area contributed by atoms with Crippen LogP contribution in [0.2, 0.25) is 0 Å². The molecular weight excluding hydrogens is 202 g/mol. The average Bonchev–Trinajstić information content (AvgIpc) is 2.20. The minimum absolute atomic E-state index is 0.0645. The van der Waals surface area contributed by atoms with Crippen molar-refractivity contribution < 1.29 is 13.6 Å². The summed E-state index contributed by atoms with van der Waals surface area (Å²) in [5.74, 6) is -1.99. The molecule has 1 unspecified atom stereocenters. The zero-order valence-electron chi connectivity index (χ0n) is 8.26. The summed E-state index contributed by atoms with van der Waals surface area (Å²) in [4.78, 5) is 11.3. The number of hydrogen-bond donors (Lipinski definition) is 2. The molecule has 0 aromatic heterocycles. The second-order valence-electron chi connectivity index (χ2n) is 3.13. The lowest BCUT2D eigenvalue weighted by Gasteiger charge is -2.10. The Morgan fingerprint density at radius 2 is 2.20 bits per heavy atom. The van der Waals surface area contributed by atoms with Crippen LogP contribution in [-0.4, -0.2) is 11.9 Å². The van der Waals surface area contributed by atoms with E-state index in [0.29, 0.717) is 12.5 Å². The van der Waals surface area contributed by atoms with Crippen molar-refractivity contribution in [2.45, 2.75) is 19.4 Å². The van der Waals surface area contributed by atoms with E-state index in [1.807, 2.05) is 0 Å². The number of amides is 1. The van der Waals surface area contributed by atoms with Crippen LogP contribution in [0.25, 0.3) is 0 Å². The summed E-state index contributed by atoms with van der Waals surface area (Å²) in [5, 5.41) is 2.28. The van der Waals surface area contributed by atoms with Crippen molar-refractivity contribution in [3.63, 3.8) is 0 Å². The number of hydrogen-bond acceptors (Lipinski definition) is 2. The van der Waals surface area contributed by atoms with E-state index >= 15 is 0 Å². The van der Waals surface area contributed by atoms with E-state index in [0.717, 1.165) is 12.1 Å². The third kappa shape index (κ3) is 2.99. The Balaban J connectivity index is 2.77. The second kappa shape index (κ2) is 4.84. The van der Waals surface area contributed by atoms with Crippen molar-refractivity contribution >= 4 is 11.6 Å². The SMILES string of the molecule is CCC(N)C(=O)Nc1ccc(F)cc1F. The zero-order chi connectivity index (χ0) is 11.4. The van der Waals surface area contributed by atoms with Crippen LogP contribution in [0.5, 0.6) is 0 Å². The fraction of sp³-hybridized carbons (Fsp3) is 0.300. The van der Waals surface area contributed by atoms with Gasteiger partial charge in [-0.2, -0.15) is 0 Å². The van der Waals surface area contributed by atoms with E-state index in [1.165, 1.54) is 0 Å². The van der Waals surface area contributed by atoms with E-state index in [4.69, 9.17) is 5.73 Å². The van der Waals surface area contributed by atoms with Crippen LogP contribution >= 0.6 is 0 Å². The lowest BCUT2D eigenvalue weighted by molar-refractivity contribution is -0.117. The van der Waals surface area contributed by atoms with Gasteiger partial charge < -0.3 is 11.1 Å². The Labute approximate surface area is 86.3 Å². The smallest absolute Gasteiger partial charge is 0.241 e. The van der Waals surface area contributed by atoms with Crippen molar-refractivity contribution in [3.05, 3.63) is 29.8 Å². The molecule has 1 amide bonds. The van der Waals surface area contributed by atoms with E-state index in [1.54, 1.807) is 6.92 Å². The minimum atomic E-state index is -0.813. The quantitative estimate of drug-likeness (QED) is 0.803. The predicted octanol–water partition coefficient (Wildman–Crippen LogP) is 1.64. The van der Waals surface area contributed by atoms with Gasteiger partial charge in [0.15, 0.2) is 0 Å². The normalized spacial score (nSPS) is 12.3. The van der Waals surface area contributed by atoms with Crippen LogP contribution in [0.1, 0.15) is 13.3 Å². The molecule has 1 aromatic rings. The van der Waals surface area contributed by atoms with Crippen LogP contribution < -0.4 is 11.1 Å². The summed E-state index contributed by atoms with van der Waals surface area (Å²) in [5.41, 5.74) is 5.37. The Hall–Kier alpha value is -1.49. The number of carbonyl (C=O) groups is 1. The zero-order valence-corrected chi connectivity index (χ0v) is 8.26. The Kier molecular flexibility index (Phi) is 3.74. The van der Waals surface area contributed by atoms with Crippen LogP contribution in [-0.2, 0) is 4.79 Å². The highest BCUT2D eigenvalue weighted by Gasteiger charge is 2.13. The molecule has 1 rings (SSSR count). The van der Waals surface area contributed by atoms with Gasteiger partial charge in [0.05, 0.1) is 11.7 Å². The van der Waals surface area contributed by atoms with Gasteiger partial charge >= 0.3 is 0 Å². The number of anilines is 1. The van der Waals surface area contributed by atoms with Gasteiger partial charge in [0.25, 0.3) is 0 Å². The maximum Gasteiger partial charge on any atom is 0.241 e. The molecule has 0 aliphatic rings. The molecule has 0 saturated carbocycles. The highest BCUT2D eigenvalue weighted by molar-refractivity contribution is 5.94. The Morgan fingerprint density at radius 3 is 2.73 bits per heavy atom. The van der Waals surface area contributed by atoms with E-state index < -0.39 is 23.6 Å². The fourth-order valence-electron chi connectivity index (χ4n) is 1.00. The van der Waals surface area contributed by atoms with Gasteiger partial charge in [-0.15, -0.1) is 0 Å². The summed E-state index contributed by atoms with van der Waals surface area (Å²) >= 11 is 0. The fourth-order valence-corrected chi connectivity index (χ4v) is 1.00. The maximum atomic E-state index is 13.1. The monoisotopic (exact) mass is 214 g/mol. The molecule has 0 aliphatic carbocycles. The standard InChI is InChI=1S/C10H12F2N2O/c1-2-8(13)10(15)14-9-4-3-6(11)5-7(9)12/h3-5,8H,2,13H2,1H3,(H,14,15). The molecule has 0 heterocycles. The average molecular weight is 214 g/mol. The molecule has 82 valence electrons. The lowest BCUT2D eigenvalue weighted by Crippen LogP contribution is -2.35. The van der Waals surface area contributed by atoms with E-state index in [9.17, 15) is 13.6 Å². The largest absolute Gasteiger partial charge is 0.322 e. The Morgan fingerprint density at radius 1 is 1.53 bits per heavy atom. The number of halogens is 2. The molecule has 5 heteroatoms. The Bertz CT molecular complexity index is 368. The maximum absolute atomic E-state index is 13.1. The van der Waals surface area contributed by atoms with Crippen molar-refractivity contribution in [3.8, 4) is 0 Å². The molecule has 3 N–H and O–H groups in total. The number of nitrogens with one attached hydrogen (secondary N) is 1. The van der Waals surface area contributed by atoms with Gasteiger partial charge in [0.1, 0.15) is 11.6 Å². The van der Waals surface area contributed by atoms with Crippen LogP contribution in [0.4, 0.5) is 14.5 Å². The molecule has 0 spiro atoms. The number of rotatable bonds is 3. The number of nitrogens with two attached hydrogens (primary N) is 1. The second-order valence-corrected chi connectivity index (χ2v) is 3.13. The third-order valence-corrected chi connectivity index (χ3v) is 1.97. The highest BCUT2D eigenvalue weighted by Crippen LogP contribution is 2.15. The molecule has 1 atom stereocenters. The van der Waals surface area contributed by atoms with Crippen molar-refractivity contribution in [2.24, 2.45) is 5.73 Å². The molecular formula is C10H12F2N2O. The molecule has 0 aliphatic heterocycles.